The normalized spacial score (nSPS) is 14.3. The Kier molecular flexibility index (Phi) is 6.86. The first-order valence-electron chi connectivity index (χ1n) is 10.00. The second kappa shape index (κ2) is 9.54. The van der Waals surface area contributed by atoms with E-state index in [-0.39, 0.29) is 29.8 Å². The number of carbonyl (C=O) groups is 2. The lowest BCUT2D eigenvalue weighted by Gasteiger charge is -2.21. The van der Waals surface area contributed by atoms with E-state index < -0.39 is 5.82 Å². The first-order valence-corrected chi connectivity index (χ1v) is 10.00. The molecule has 1 aliphatic rings. The molecule has 2 amide bonds. The smallest absolute Gasteiger partial charge is 0.228 e. The van der Waals surface area contributed by atoms with Crippen molar-refractivity contribution in [1.82, 2.24) is 0 Å². The number of carbonyl (C=O) groups excluding carboxylic acids is 2. The van der Waals surface area contributed by atoms with Crippen LogP contribution < -0.4 is 15.4 Å². The molecular weight excluding hydrogens is 371 g/mol. The van der Waals surface area contributed by atoms with E-state index in [4.69, 9.17) is 4.74 Å². The van der Waals surface area contributed by atoms with Gasteiger partial charge in [0.25, 0.3) is 0 Å². The number of aryl methyl sites for hydroxylation is 1. The summed E-state index contributed by atoms with van der Waals surface area (Å²) in [7, 11) is 1.59. The van der Waals surface area contributed by atoms with Gasteiger partial charge in [-0.05, 0) is 55.2 Å². The Bertz CT molecular complexity index is 892. The van der Waals surface area contributed by atoms with Gasteiger partial charge in [-0.1, -0.05) is 31.4 Å². The van der Waals surface area contributed by atoms with Gasteiger partial charge < -0.3 is 15.4 Å². The molecule has 0 spiro atoms. The standard InChI is InChI=1S/C23H27FN2O3/c1-15-8-9-16(12-21(15)29-2)13-22(27)25-18-10-11-19(24)20(14-18)26-23(28)17-6-4-3-5-7-17/h8-12,14,17H,3-7,13H2,1-2H3,(H,25,27)(H,26,28). The topological polar surface area (TPSA) is 67.4 Å². The molecule has 0 atom stereocenters. The highest BCUT2D eigenvalue weighted by Crippen LogP contribution is 2.27. The highest BCUT2D eigenvalue weighted by molar-refractivity contribution is 5.95. The number of anilines is 2. The van der Waals surface area contributed by atoms with E-state index in [1.54, 1.807) is 7.11 Å². The van der Waals surface area contributed by atoms with E-state index in [0.717, 1.165) is 49.0 Å². The van der Waals surface area contributed by atoms with Crippen LogP contribution in [0.5, 0.6) is 5.75 Å². The molecule has 2 aromatic carbocycles. The zero-order chi connectivity index (χ0) is 20.8. The molecule has 5 nitrogen and oxygen atoms in total. The molecule has 2 N–H and O–H groups in total. The molecule has 0 aliphatic heterocycles. The fourth-order valence-electron chi connectivity index (χ4n) is 3.66. The molecule has 0 aromatic heterocycles. The monoisotopic (exact) mass is 398 g/mol. The number of hydrogen-bond donors (Lipinski definition) is 2. The van der Waals surface area contributed by atoms with Crippen molar-refractivity contribution in [2.75, 3.05) is 17.7 Å². The minimum atomic E-state index is -0.518. The molecule has 0 unspecified atom stereocenters. The van der Waals surface area contributed by atoms with Crippen LogP contribution in [0.15, 0.2) is 36.4 Å². The summed E-state index contributed by atoms with van der Waals surface area (Å²) in [5.74, 6) is -0.246. The third kappa shape index (κ3) is 5.56. The van der Waals surface area contributed by atoms with Crippen molar-refractivity contribution >= 4 is 23.2 Å². The number of ether oxygens (including phenoxy) is 1. The van der Waals surface area contributed by atoms with Crippen LogP contribution in [-0.2, 0) is 16.0 Å². The summed E-state index contributed by atoms with van der Waals surface area (Å²) in [4.78, 5) is 24.8. The average molecular weight is 398 g/mol. The van der Waals surface area contributed by atoms with Crippen molar-refractivity contribution in [1.29, 1.82) is 0 Å². The van der Waals surface area contributed by atoms with E-state index in [0.29, 0.717) is 5.69 Å². The Morgan fingerprint density at radius 2 is 1.83 bits per heavy atom. The van der Waals surface area contributed by atoms with Crippen molar-refractivity contribution < 1.29 is 18.7 Å². The van der Waals surface area contributed by atoms with Gasteiger partial charge in [0.05, 0.1) is 19.2 Å². The predicted octanol–water partition coefficient (Wildman–Crippen LogP) is 4.84. The van der Waals surface area contributed by atoms with E-state index in [1.165, 1.54) is 18.2 Å². The Morgan fingerprint density at radius 3 is 2.55 bits per heavy atom. The first kappa shape index (κ1) is 20.8. The molecule has 6 heteroatoms. The predicted molar refractivity (Wildman–Crippen MR) is 112 cm³/mol. The number of rotatable bonds is 6. The Hall–Kier alpha value is -2.89. The van der Waals surface area contributed by atoms with Crippen molar-refractivity contribution in [3.63, 3.8) is 0 Å². The SMILES string of the molecule is COc1cc(CC(=O)Nc2ccc(F)c(NC(=O)C3CCCCC3)c2)ccc1C. The number of hydrogen-bond acceptors (Lipinski definition) is 3. The highest BCUT2D eigenvalue weighted by atomic mass is 19.1. The van der Waals surface area contributed by atoms with Gasteiger partial charge in [-0.3, -0.25) is 9.59 Å². The average Bonchev–Trinajstić information content (AvgIpc) is 2.72. The number of methoxy groups -OCH3 is 1. The molecule has 0 heterocycles. The third-order valence-electron chi connectivity index (χ3n) is 5.32. The van der Waals surface area contributed by atoms with Crippen LogP contribution in [0.1, 0.15) is 43.2 Å². The van der Waals surface area contributed by atoms with E-state index in [1.807, 2.05) is 25.1 Å². The summed E-state index contributed by atoms with van der Waals surface area (Å²) in [6.07, 6.45) is 5.04. The lowest BCUT2D eigenvalue weighted by molar-refractivity contribution is -0.120. The molecule has 3 rings (SSSR count). The van der Waals surface area contributed by atoms with Crippen LogP contribution in [0, 0.1) is 18.7 Å². The van der Waals surface area contributed by atoms with Crippen LogP contribution in [-0.4, -0.2) is 18.9 Å². The summed E-state index contributed by atoms with van der Waals surface area (Å²) in [5.41, 5.74) is 2.34. The maximum absolute atomic E-state index is 14.2. The lowest BCUT2D eigenvalue weighted by atomic mass is 9.88. The summed E-state index contributed by atoms with van der Waals surface area (Å²) in [6.45, 7) is 1.93. The molecule has 2 aromatic rings. The first-order chi connectivity index (χ1) is 14.0. The van der Waals surface area contributed by atoms with E-state index >= 15 is 0 Å². The van der Waals surface area contributed by atoms with Crippen LogP contribution in [0.4, 0.5) is 15.8 Å². The van der Waals surface area contributed by atoms with E-state index in [2.05, 4.69) is 10.6 Å². The molecule has 1 saturated carbocycles. The minimum absolute atomic E-state index is 0.0714. The van der Waals surface area contributed by atoms with Gasteiger partial charge in [0.1, 0.15) is 11.6 Å². The lowest BCUT2D eigenvalue weighted by Crippen LogP contribution is -2.25. The number of amides is 2. The van der Waals surface area contributed by atoms with Crippen LogP contribution in [0.3, 0.4) is 0 Å². The van der Waals surface area contributed by atoms with Crippen molar-refractivity contribution in [3.8, 4) is 5.75 Å². The van der Waals surface area contributed by atoms with Gasteiger partial charge in [-0.2, -0.15) is 0 Å². The number of benzene rings is 2. The van der Waals surface area contributed by atoms with Crippen molar-refractivity contribution in [2.24, 2.45) is 5.92 Å². The van der Waals surface area contributed by atoms with Gasteiger partial charge in [0.2, 0.25) is 11.8 Å². The largest absolute Gasteiger partial charge is 0.496 e. The van der Waals surface area contributed by atoms with Crippen LogP contribution in [0.25, 0.3) is 0 Å². The Labute approximate surface area is 170 Å². The number of halogens is 1. The summed E-state index contributed by atoms with van der Waals surface area (Å²) in [6, 6.07) is 9.80. The highest BCUT2D eigenvalue weighted by Gasteiger charge is 2.22. The van der Waals surface area contributed by atoms with Gasteiger partial charge in [0.15, 0.2) is 0 Å². The van der Waals surface area contributed by atoms with Gasteiger partial charge in [0, 0.05) is 11.6 Å². The molecule has 29 heavy (non-hydrogen) atoms. The molecule has 154 valence electrons. The summed E-state index contributed by atoms with van der Waals surface area (Å²) >= 11 is 0. The summed E-state index contributed by atoms with van der Waals surface area (Å²) in [5, 5.41) is 5.45. The fourth-order valence-corrected chi connectivity index (χ4v) is 3.66. The zero-order valence-electron chi connectivity index (χ0n) is 16.9. The van der Waals surface area contributed by atoms with Gasteiger partial charge in [-0.15, -0.1) is 0 Å². The van der Waals surface area contributed by atoms with E-state index in [9.17, 15) is 14.0 Å². The maximum Gasteiger partial charge on any atom is 0.228 e. The number of nitrogens with one attached hydrogen (secondary N) is 2. The Morgan fingerprint density at radius 1 is 1.07 bits per heavy atom. The third-order valence-corrected chi connectivity index (χ3v) is 5.32. The minimum Gasteiger partial charge on any atom is -0.496 e. The molecule has 1 fully saturated rings. The van der Waals surface area contributed by atoms with Gasteiger partial charge >= 0.3 is 0 Å². The van der Waals surface area contributed by atoms with Crippen molar-refractivity contribution in [2.45, 2.75) is 45.4 Å². The Balaban J connectivity index is 1.64. The van der Waals surface area contributed by atoms with Crippen LogP contribution in [0.2, 0.25) is 0 Å². The molecule has 1 aliphatic carbocycles. The van der Waals surface area contributed by atoms with Gasteiger partial charge in [-0.25, -0.2) is 4.39 Å². The maximum atomic E-state index is 14.2. The molecular formula is C23H27FN2O3. The quantitative estimate of drug-likeness (QED) is 0.731. The second-order valence-corrected chi connectivity index (χ2v) is 7.55. The summed E-state index contributed by atoms with van der Waals surface area (Å²) < 4.78 is 19.4. The van der Waals surface area contributed by atoms with Crippen molar-refractivity contribution in [3.05, 3.63) is 53.3 Å². The second-order valence-electron chi connectivity index (χ2n) is 7.55. The fraction of sp³-hybridized carbons (Fsp3) is 0.391. The molecule has 0 saturated heterocycles. The molecule has 0 bridgehead atoms. The zero-order valence-corrected chi connectivity index (χ0v) is 16.9. The van der Waals surface area contributed by atoms with Crippen LogP contribution >= 0.6 is 0 Å². The molecule has 0 radical (unpaired) electrons.